The van der Waals surface area contributed by atoms with Crippen LogP contribution in [0, 0.1) is 0 Å². The number of likely N-dealkylation sites (tertiary alicyclic amines) is 1. The number of aliphatic hydroxyl groups excluding tert-OH is 1. The highest BCUT2D eigenvalue weighted by Crippen LogP contribution is 2.23. The predicted octanol–water partition coefficient (Wildman–Crippen LogP) is -0.649. The molecule has 0 radical (unpaired) electrons. The molecular formula is C8H13N3O2. The minimum absolute atomic E-state index is 0.0124. The van der Waals surface area contributed by atoms with Crippen LogP contribution in [0.4, 0.5) is 0 Å². The summed E-state index contributed by atoms with van der Waals surface area (Å²) in [4.78, 5) is 6.10. The molecule has 1 aliphatic heterocycles. The van der Waals surface area contributed by atoms with Crippen molar-refractivity contribution in [2.75, 3.05) is 19.6 Å². The van der Waals surface area contributed by atoms with Gasteiger partial charge in [0.05, 0.1) is 18.3 Å². The quantitative estimate of drug-likeness (QED) is 0.651. The molecule has 0 aliphatic carbocycles. The Balaban J connectivity index is 2.02. The highest BCUT2D eigenvalue weighted by molar-refractivity contribution is 4.96. The molecule has 1 aromatic heterocycles. The average Bonchev–Trinajstić information content (AvgIpc) is 2.55. The second kappa shape index (κ2) is 3.45. The average molecular weight is 183 g/mol. The number of aromatic nitrogens is 1. The van der Waals surface area contributed by atoms with E-state index in [-0.39, 0.29) is 12.1 Å². The van der Waals surface area contributed by atoms with E-state index < -0.39 is 0 Å². The van der Waals surface area contributed by atoms with Crippen molar-refractivity contribution >= 4 is 0 Å². The second-order valence-corrected chi connectivity index (χ2v) is 3.23. The van der Waals surface area contributed by atoms with Gasteiger partial charge >= 0.3 is 0 Å². The number of nitrogens with two attached hydrogens (primary N) is 1. The minimum atomic E-state index is -0.219. The van der Waals surface area contributed by atoms with E-state index in [1.165, 1.54) is 6.26 Å². The van der Waals surface area contributed by atoms with Gasteiger partial charge in [0.15, 0.2) is 0 Å². The van der Waals surface area contributed by atoms with Crippen LogP contribution in [0.5, 0.6) is 0 Å². The first kappa shape index (κ1) is 8.68. The Morgan fingerprint density at radius 1 is 1.77 bits per heavy atom. The maximum absolute atomic E-state index is 9.13. The van der Waals surface area contributed by atoms with Crippen molar-refractivity contribution in [3.63, 3.8) is 0 Å². The lowest BCUT2D eigenvalue weighted by Gasteiger charge is -2.39. The van der Waals surface area contributed by atoms with Gasteiger partial charge in [-0.25, -0.2) is 4.98 Å². The summed E-state index contributed by atoms with van der Waals surface area (Å²) in [6, 6.07) is 0.0124. The molecule has 1 atom stereocenters. The molecule has 0 saturated carbocycles. The summed E-state index contributed by atoms with van der Waals surface area (Å²) in [7, 11) is 0. The van der Waals surface area contributed by atoms with E-state index in [0.717, 1.165) is 0 Å². The summed E-state index contributed by atoms with van der Waals surface area (Å²) >= 11 is 0. The fourth-order valence-electron chi connectivity index (χ4n) is 1.55. The van der Waals surface area contributed by atoms with Crippen molar-refractivity contribution < 1.29 is 9.52 Å². The van der Waals surface area contributed by atoms with Crippen molar-refractivity contribution in [2.24, 2.45) is 5.73 Å². The fourth-order valence-corrected chi connectivity index (χ4v) is 1.55. The van der Waals surface area contributed by atoms with Gasteiger partial charge in [-0.1, -0.05) is 0 Å². The van der Waals surface area contributed by atoms with E-state index in [1.54, 1.807) is 6.20 Å². The van der Waals surface area contributed by atoms with Gasteiger partial charge in [0.2, 0.25) is 5.89 Å². The first-order valence-corrected chi connectivity index (χ1v) is 4.33. The Morgan fingerprint density at radius 3 is 3.00 bits per heavy atom. The number of hydrogen-bond acceptors (Lipinski definition) is 5. The van der Waals surface area contributed by atoms with Crippen LogP contribution in [0.3, 0.4) is 0 Å². The van der Waals surface area contributed by atoms with Crippen molar-refractivity contribution in [3.8, 4) is 0 Å². The molecule has 1 saturated heterocycles. The van der Waals surface area contributed by atoms with Crippen LogP contribution in [0.2, 0.25) is 0 Å². The second-order valence-electron chi connectivity index (χ2n) is 3.23. The van der Waals surface area contributed by atoms with Crippen LogP contribution in [0.25, 0.3) is 0 Å². The van der Waals surface area contributed by atoms with E-state index in [0.29, 0.717) is 25.5 Å². The van der Waals surface area contributed by atoms with Crippen molar-refractivity contribution in [1.29, 1.82) is 0 Å². The van der Waals surface area contributed by atoms with Crippen molar-refractivity contribution in [3.05, 3.63) is 18.4 Å². The Kier molecular flexibility index (Phi) is 2.30. The number of rotatable bonds is 3. The van der Waals surface area contributed by atoms with Crippen molar-refractivity contribution in [2.45, 2.75) is 12.1 Å². The number of hydrogen-bond donors (Lipinski definition) is 2. The molecule has 5 heteroatoms. The number of nitrogens with zero attached hydrogens (tertiary/aromatic N) is 2. The van der Waals surface area contributed by atoms with E-state index in [1.807, 2.05) is 0 Å². The Morgan fingerprint density at radius 2 is 2.54 bits per heavy atom. The van der Waals surface area contributed by atoms with Gasteiger partial charge in [-0.15, -0.1) is 0 Å². The summed E-state index contributed by atoms with van der Waals surface area (Å²) in [5, 5.41) is 9.13. The molecule has 1 unspecified atom stereocenters. The lowest BCUT2D eigenvalue weighted by molar-refractivity contribution is -0.0293. The summed E-state index contributed by atoms with van der Waals surface area (Å²) in [5.74, 6) is 0.634. The van der Waals surface area contributed by atoms with E-state index in [2.05, 4.69) is 9.88 Å². The lowest BCUT2D eigenvalue weighted by atomic mass is 10.1. The molecule has 2 rings (SSSR count). The molecule has 13 heavy (non-hydrogen) atoms. The SMILES string of the molecule is NCC(c1ncco1)N1CC(O)C1. The topological polar surface area (TPSA) is 75.5 Å². The molecule has 0 spiro atoms. The Labute approximate surface area is 76.2 Å². The molecular weight excluding hydrogens is 170 g/mol. The summed E-state index contributed by atoms with van der Waals surface area (Å²) < 4.78 is 5.16. The zero-order chi connectivity index (χ0) is 9.26. The lowest BCUT2D eigenvalue weighted by Crippen LogP contribution is -2.53. The summed E-state index contributed by atoms with van der Waals surface area (Å²) in [6.07, 6.45) is 2.92. The Bertz CT molecular complexity index is 256. The van der Waals surface area contributed by atoms with Crippen LogP contribution in [0.1, 0.15) is 11.9 Å². The third-order valence-corrected chi connectivity index (χ3v) is 2.29. The van der Waals surface area contributed by atoms with Crippen molar-refractivity contribution in [1.82, 2.24) is 9.88 Å². The van der Waals surface area contributed by atoms with Gasteiger partial charge in [-0.3, -0.25) is 4.90 Å². The maximum atomic E-state index is 9.13. The normalized spacial score (nSPS) is 21.4. The minimum Gasteiger partial charge on any atom is -0.447 e. The number of aliphatic hydroxyl groups is 1. The molecule has 0 aromatic carbocycles. The number of oxazole rings is 1. The van der Waals surface area contributed by atoms with Crippen LogP contribution < -0.4 is 5.73 Å². The molecule has 72 valence electrons. The zero-order valence-electron chi connectivity index (χ0n) is 7.26. The highest BCUT2D eigenvalue weighted by atomic mass is 16.3. The maximum Gasteiger partial charge on any atom is 0.212 e. The largest absolute Gasteiger partial charge is 0.447 e. The van der Waals surface area contributed by atoms with E-state index in [9.17, 15) is 0 Å². The molecule has 2 heterocycles. The van der Waals surface area contributed by atoms with Gasteiger partial charge in [0.1, 0.15) is 6.26 Å². The van der Waals surface area contributed by atoms with E-state index in [4.69, 9.17) is 15.3 Å². The van der Waals surface area contributed by atoms with Crippen LogP contribution in [-0.4, -0.2) is 40.7 Å². The van der Waals surface area contributed by atoms with Gasteiger partial charge in [0, 0.05) is 19.6 Å². The molecule has 5 nitrogen and oxygen atoms in total. The predicted molar refractivity (Wildman–Crippen MR) is 45.9 cm³/mol. The summed E-state index contributed by atoms with van der Waals surface area (Å²) in [6.45, 7) is 1.78. The smallest absolute Gasteiger partial charge is 0.212 e. The van der Waals surface area contributed by atoms with Gasteiger partial charge in [0.25, 0.3) is 0 Å². The van der Waals surface area contributed by atoms with E-state index >= 15 is 0 Å². The molecule has 0 amide bonds. The summed E-state index contributed by atoms with van der Waals surface area (Å²) in [5.41, 5.74) is 5.60. The van der Waals surface area contributed by atoms with Gasteiger partial charge < -0.3 is 15.3 Å². The Hall–Kier alpha value is -0.910. The highest BCUT2D eigenvalue weighted by Gasteiger charge is 2.33. The van der Waals surface area contributed by atoms with Gasteiger partial charge in [-0.2, -0.15) is 0 Å². The molecule has 1 fully saturated rings. The molecule has 0 bridgehead atoms. The molecule has 3 N–H and O–H groups in total. The van der Waals surface area contributed by atoms with Crippen LogP contribution in [0.15, 0.2) is 16.9 Å². The number of β-amino-alcohol motifs (C(OH)–C–C–N with tert-alkyl or cyclic N) is 1. The zero-order valence-corrected chi connectivity index (χ0v) is 7.26. The monoisotopic (exact) mass is 183 g/mol. The van der Waals surface area contributed by atoms with Crippen LogP contribution >= 0.6 is 0 Å². The first-order valence-electron chi connectivity index (χ1n) is 4.33. The standard InChI is InChI=1S/C8H13N3O2/c9-3-7(8-10-1-2-13-8)11-4-6(12)5-11/h1-2,6-7,12H,3-5,9H2. The first-order chi connectivity index (χ1) is 6.31. The third-order valence-electron chi connectivity index (χ3n) is 2.29. The third kappa shape index (κ3) is 1.58. The van der Waals surface area contributed by atoms with Crippen LogP contribution in [-0.2, 0) is 0 Å². The van der Waals surface area contributed by atoms with Gasteiger partial charge in [-0.05, 0) is 0 Å². The fraction of sp³-hybridized carbons (Fsp3) is 0.625. The molecule has 1 aliphatic rings. The molecule has 1 aromatic rings.